The summed E-state index contributed by atoms with van der Waals surface area (Å²) >= 11 is 0. The minimum atomic E-state index is -0.405. The molecule has 1 fully saturated rings. The monoisotopic (exact) mass is 382 g/mol. The van der Waals surface area contributed by atoms with Crippen molar-refractivity contribution in [1.29, 1.82) is 0 Å². The Labute approximate surface area is 164 Å². The highest BCUT2D eigenvalue weighted by Gasteiger charge is 2.28. The summed E-state index contributed by atoms with van der Waals surface area (Å²) in [7, 11) is 0. The molecule has 1 aromatic heterocycles. The van der Waals surface area contributed by atoms with E-state index < -0.39 is 4.92 Å². The molecule has 1 amide bonds. The molecule has 3 unspecified atom stereocenters. The predicted octanol–water partition coefficient (Wildman–Crippen LogP) is 3.96. The molecule has 1 aromatic carbocycles. The van der Waals surface area contributed by atoms with E-state index in [1.54, 1.807) is 18.3 Å². The first-order valence-electron chi connectivity index (χ1n) is 9.60. The van der Waals surface area contributed by atoms with Crippen LogP contribution in [0, 0.1) is 22.0 Å². The average molecular weight is 382 g/mol. The second kappa shape index (κ2) is 8.37. The summed E-state index contributed by atoms with van der Waals surface area (Å²) in [5, 5.41) is 14.5. The van der Waals surface area contributed by atoms with E-state index >= 15 is 0 Å². The van der Waals surface area contributed by atoms with E-state index in [0.717, 1.165) is 25.2 Å². The summed E-state index contributed by atoms with van der Waals surface area (Å²) in [6, 6.07) is 9.93. The Kier molecular flexibility index (Phi) is 5.92. The van der Waals surface area contributed by atoms with Crippen molar-refractivity contribution >= 4 is 17.3 Å². The van der Waals surface area contributed by atoms with Crippen LogP contribution in [0.15, 0.2) is 42.6 Å². The van der Waals surface area contributed by atoms with Crippen molar-refractivity contribution in [3.05, 3.63) is 64.0 Å². The van der Waals surface area contributed by atoms with Gasteiger partial charge in [-0.25, -0.2) is 0 Å². The molecule has 2 aromatic rings. The van der Waals surface area contributed by atoms with Crippen LogP contribution in [0.1, 0.15) is 49.3 Å². The van der Waals surface area contributed by atoms with Crippen molar-refractivity contribution < 1.29 is 9.72 Å². The normalized spacial score (nSPS) is 20.5. The number of amides is 1. The lowest BCUT2D eigenvalue weighted by Crippen LogP contribution is -2.39. The Bertz CT molecular complexity index is 846. The van der Waals surface area contributed by atoms with Gasteiger partial charge in [-0.15, -0.1) is 0 Å². The molecule has 7 nitrogen and oxygen atoms in total. The molecule has 0 radical (unpaired) electrons. The molecule has 0 aliphatic carbocycles. The molecule has 148 valence electrons. The number of benzene rings is 1. The highest BCUT2D eigenvalue weighted by atomic mass is 16.6. The summed E-state index contributed by atoms with van der Waals surface area (Å²) < 4.78 is 0. The lowest BCUT2D eigenvalue weighted by atomic mass is 9.91. The molecular weight excluding hydrogens is 356 g/mol. The number of aromatic nitrogens is 1. The second-order valence-electron chi connectivity index (χ2n) is 7.76. The quantitative estimate of drug-likeness (QED) is 0.624. The van der Waals surface area contributed by atoms with E-state index in [1.807, 2.05) is 25.1 Å². The predicted molar refractivity (Wildman–Crippen MR) is 108 cm³/mol. The van der Waals surface area contributed by atoms with E-state index in [0.29, 0.717) is 17.5 Å². The van der Waals surface area contributed by atoms with Crippen molar-refractivity contribution in [2.24, 2.45) is 11.8 Å². The van der Waals surface area contributed by atoms with Gasteiger partial charge in [0.1, 0.15) is 5.69 Å². The topological polar surface area (TPSA) is 88.4 Å². The number of nitro benzene ring substituents is 1. The van der Waals surface area contributed by atoms with Crippen molar-refractivity contribution in [3.8, 4) is 0 Å². The fourth-order valence-corrected chi connectivity index (χ4v) is 3.92. The van der Waals surface area contributed by atoms with Crippen LogP contribution in [0.25, 0.3) is 0 Å². The molecule has 0 spiro atoms. The number of rotatable bonds is 5. The standard InChI is InChI=1S/C21H26N4O3/c1-14-10-15(2)13-24(12-14)19-8-7-17(11-20(19)25(27)28)21(26)23-16(3)18-6-4-5-9-22-18/h4-9,11,14-16H,10,12-13H2,1-3H3,(H,23,26). The van der Waals surface area contributed by atoms with Gasteiger partial charge < -0.3 is 10.2 Å². The van der Waals surface area contributed by atoms with Gasteiger partial charge in [-0.1, -0.05) is 19.9 Å². The number of carbonyl (C=O) groups excluding carboxylic acids is 1. The first kappa shape index (κ1) is 19.8. The summed E-state index contributed by atoms with van der Waals surface area (Å²) in [4.78, 5) is 30.2. The summed E-state index contributed by atoms with van der Waals surface area (Å²) in [5.74, 6) is 0.601. The van der Waals surface area contributed by atoms with E-state index in [-0.39, 0.29) is 23.2 Å². The maximum Gasteiger partial charge on any atom is 0.293 e. The van der Waals surface area contributed by atoms with E-state index in [2.05, 4.69) is 29.0 Å². The van der Waals surface area contributed by atoms with Gasteiger partial charge in [-0.2, -0.15) is 0 Å². The number of anilines is 1. The number of piperidine rings is 1. The molecule has 28 heavy (non-hydrogen) atoms. The molecule has 1 N–H and O–H groups in total. The number of pyridine rings is 1. The van der Waals surface area contributed by atoms with Gasteiger partial charge in [0.05, 0.1) is 16.7 Å². The molecule has 7 heteroatoms. The molecule has 0 saturated carbocycles. The third-order valence-corrected chi connectivity index (χ3v) is 5.12. The van der Waals surface area contributed by atoms with Gasteiger partial charge in [-0.05, 0) is 49.4 Å². The van der Waals surface area contributed by atoms with Crippen molar-refractivity contribution in [2.45, 2.75) is 33.2 Å². The Balaban J connectivity index is 1.82. The van der Waals surface area contributed by atoms with E-state index in [4.69, 9.17) is 0 Å². The molecule has 3 atom stereocenters. The SMILES string of the molecule is CC1CC(C)CN(c2ccc(C(=O)NC(C)c3ccccn3)cc2[N+](=O)[O-])C1. The van der Waals surface area contributed by atoms with Crippen molar-refractivity contribution in [2.75, 3.05) is 18.0 Å². The lowest BCUT2D eigenvalue weighted by molar-refractivity contribution is -0.384. The Morgan fingerprint density at radius 3 is 2.57 bits per heavy atom. The van der Waals surface area contributed by atoms with Gasteiger partial charge in [0.2, 0.25) is 0 Å². The third kappa shape index (κ3) is 4.47. The van der Waals surface area contributed by atoms with Crippen LogP contribution < -0.4 is 10.2 Å². The number of hydrogen-bond donors (Lipinski definition) is 1. The Hall–Kier alpha value is -2.96. The zero-order valence-corrected chi connectivity index (χ0v) is 16.5. The highest BCUT2D eigenvalue weighted by molar-refractivity contribution is 5.96. The first-order chi connectivity index (χ1) is 13.3. The van der Waals surface area contributed by atoms with Gasteiger partial charge >= 0.3 is 0 Å². The van der Waals surface area contributed by atoms with Gasteiger partial charge in [0.15, 0.2) is 0 Å². The van der Waals surface area contributed by atoms with E-state index in [1.165, 1.54) is 6.07 Å². The van der Waals surface area contributed by atoms with Crippen LogP contribution in [0.4, 0.5) is 11.4 Å². The lowest BCUT2D eigenvalue weighted by Gasteiger charge is -2.36. The van der Waals surface area contributed by atoms with Crippen LogP contribution in [0.3, 0.4) is 0 Å². The van der Waals surface area contributed by atoms with Crippen LogP contribution in [0.2, 0.25) is 0 Å². The highest BCUT2D eigenvalue weighted by Crippen LogP contribution is 2.34. The maximum atomic E-state index is 12.6. The fourth-order valence-electron chi connectivity index (χ4n) is 3.92. The molecule has 2 heterocycles. The summed E-state index contributed by atoms with van der Waals surface area (Å²) in [6.07, 6.45) is 2.79. The molecule has 1 aliphatic heterocycles. The largest absolute Gasteiger partial charge is 0.365 e. The van der Waals surface area contributed by atoms with Gasteiger partial charge in [-0.3, -0.25) is 19.9 Å². The summed E-state index contributed by atoms with van der Waals surface area (Å²) in [5.41, 5.74) is 1.56. The molecule has 3 rings (SSSR count). The van der Waals surface area contributed by atoms with E-state index in [9.17, 15) is 14.9 Å². The minimum absolute atomic E-state index is 0.0283. The van der Waals surface area contributed by atoms with Gasteiger partial charge in [0.25, 0.3) is 11.6 Å². The molecule has 1 aliphatic rings. The summed E-state index contributed by atoms with van der Waals surface area (Å²) in [6.45, 7) is 7.73. The molecule has 1 saturated heterocycles. The molecule has 0 bridgehead atoms. The van der Waals surface area contributed by atoms with Crippen LogP contribution in [0.5, 0.6) is 0 Å². The number of hydrogen-bond acceptors (Lipinski definition) is 5. The second-order valence-corrected chi connectivity index (χ2v) is 7.76. The van der Waals surface area contributed by atoms with Crippen molar-refractivity contribution in [3.63, 3.8) is 0 Å². The fraction of sp³-hybridized carbons (Fsp3) is 0.429. The molecular formula is C21H26N4O3. The smallest absolute Gasteiger partial charge is 0.293 e. The Morgan fingerprint density at radius 2 is 1.96 bits per heavy atom. The van der Waals surface area contributed by atoms with Crippen LogP contribution in [-0.2, 0) is 0 Å². The first-order valence-corrected chi connectivity index (χ1v) is 9.60. The maximum absolute atomic E-state index is 12.6. The van der Waals surface area contributed by atoms with Crippen LogP contribution in [-0.4, -0.2) is 28.9 Å². The van der Waals surface area contributed by atoms with Gasteiger partial charge in [0, 0.05) is 30.9 Å². The minimum Gasteiger partial charge on any atom is -0.365 e. The number of nitrogens with one attached hydrogen (secondary N) is 1. The Morgan fingerprint density at radius 1 is 1.25 bits per heavy atom. The zero-order chi connectivity index (χ0) is 20.3. The average Bonchev–Trinajstić information content (AvgIpc) is 2.67. The number of nitrogens with zero attached hydrogens (tertiary/aromatic N) is 3. The van der Waals surface area contributed by atoms with Crippen LogP contribution >= 0.6 is 0 Å². The third-order valence-electron chi connectivity index (χ3n) is 5.12. The number of carbonyl (C=O) groups is 1. The zero-order valence-electron chi connectivity index (χ0n) is 16.5. The van der Waals surface area contributed by atoms with Crippen molar-refractivity contribution in [1.82, 2.24) is 10.3 Å². The number of nitro groups is 1.